The van der Waals surface area contributed by atoms with Gasteiger partial charge in [-0.1, -0.05) is 6.58 Å². The Bertz CT molecular complexity index is 159. The Morgan fingerprint density at radius 1 is 1.50 bits per heavy atom. The minimum atomic E-state index is 0.111. The molecule has 0 aliphatic rings. The molecule has 0 heterocycles. The fourth-order valence-corrected chi connectivity index (χ4v) is 1.38. The third-order valence-corrected chi connectivity index (χ3v) is 2.39. The van der Waals surface area contributed by atoms with Crippen LogP contribution in [-0.4, -0.2) is 23.5 Å². The smallest absolute Gasteiger partial charge is 0.0206 e. The Morgan fingerprint density at radius 2 is 1.92 bits per heavy atom. The van der Waals surface area contributed by atoms with E-state index < -0.39 is 0 Å². The summed E-state index contributed by atoms with van der Waals surface area (Å²) >= 11 is 0. The van der Waals surface area contributed by atoms with E-state index in [-0.39, 0.29) is 5.54 Å². The van der Waals surface area contributed by atoms with E-state index in [0.717, 1.165) is 12.1 Å². The fraction of sp³-hybridized carbons (Fsp3) is 0.800. The van der Waals surface area contributed by atoms with Gasteiger partial charge in [0.15, 0.2) is 0 Å². The molecule has 0 unspecified atom stereocenters. The van der Waals surface area contributed by atoms with Gasteiger partial charge in [0.1, 0.15) is 0 Å². The maximum atomic E-state index is 5.60. The normalized spacial score (nSPS) is 12.6. The van der Waals surface area contributed by atoms with Crippen molar-refractivity contribution in [2.45, 2.75) is 45.7 Å². The topological polar surface area (TPSA) is 29.3 Å². The highest BCUT2D eigenvalue weighted by molar-refractivity contribution is 4.97. The zero-order valence-electron chi connectivity index (χ0n) is 9.02. The number of nitrogens with zero attached hydrogens (tertiary/aromatic N) is 1. The number of hydrogen-bond acceptors (Lipinski definition) is 2. The monoisotopic (exact) mass is 170 g/mol. The highest BCUT2D eigenvalue weighted by Gasteiger charge is 2.25. The molecule has 2 heteroatoms. The average Bonchev–Trinajstić information content (AvgIpc) is 1.82. The summed E-state index contributed by atoms with van der Waals surface area (Å²) < 4.78 is 0. The highest BCUT2D eigenvalue weighted by Crippen LogP contribution is 2.21. The van der Waals surface area contributed by atoms with Crippen LogP contribution in [0.15, 0.2) is 12.3 Å². The van der Waals surface area contributed by atoms with Crippen molar-refractivity contribution in [2.75, 3.05) is 7.05 Å². The van der Waals surface area contributed by atoms with Crippen molar-refractivity contribution in [1.29, 1.82) is 0 Å². The molecule has 0 saturated heterocycles. The Hall–Kier alpha value is -0.500. The first-order valence-electron chi connectivity index (χ1n) is 4.43. The molecule has 0 saturated carbocycles. The van der Waals surface area contributed by atoms with Crippen LogP contribution in [0.3, 0.4) is 0 Å². The molecule has 12 heavy (non-hydrogen) atoms. The molecule has 0 rings (SSSR count). The molecule has 0 radical (unpaired) electrons. The molecular weight excluding hydrogens is 148 g/mol. The van der Waals surface area contributed by atoms with Crippen LogP contribution >= 0.6 is 0 Å². The summed E-state index contributed by atoms with van der Waals surface area (Å²) in [6.45, 7) is 12.5. The van der Waals surface area contributed by atoms with E-state index in [1.165, 1.54) is 0 Å². The number of rotatable bonds is 4. The van der Waals surface area contributed by atoms with Crippen LogP contribution in [0, 0.1) is 0 Å². The predicted molar refractivity (Wildman–Crippen MR) is 54.9 cm³/mol. The van der Waals surface area contributed by atoms with Crippen molar-refractivity contribution in [3.8, 4) is 0 Å². The van der Waals surface area contributed by atoms with Gasteiger partial charge >= 0.3 is 0 Å². The molecule has 2 nitrogen and oxygen atoms in total. The summed E-state index contributed by atoms with van der Waals surface area (Å²) in [6, 6.07) is 0.541. The molecule has 0 amide bonds. The van der Waals surface area contributed by atoms with Gasteiger partial charge < -0.3 is 5.73 Å². The van der Waals surface area contributed by atoms with E-state index >= 15 is 0 Å². The predicted octanol–water partition coefficient (Wildman–Crippen LogP) is 1.97. The molecule has 0 aromatic heterocycles. The van der Waals surface area contributed by atoms with Crippen LogP contribution in [0.2, 0.25) is 0 Å². The van der Waals surface area contributed by atoms with E-state index in [9.17, 15) is 0 Å². The highest BCUT2D eigenvalue weighted by atomic mass is 15.2. The Labute approximate surface area is 76.4 Å². The Balaban J connectivity index is 4.28. The van der Waals surface area contributed by atoms with Gasteiger partial charge in [-0.05, 0) is 34.7 Å². The van der Waals surface area contributed by atoms with E-state index in [2.05, 4.69) is 46.2 Å². The lowest BCUT2D eigenvalue weighted by molar-refractivity contribution is 0.118. The maximum absolute atomic E-state index is 5.60. The van der Waals surface area contributed by atoms with Gasteiger partial charge in [-0.3, -0.25) is 4.90 Å². The summed E-state index contributed by atoms with van der Waals surface area (Å²) in [5.41, 5.74) is 6.46. The molecule has 72 valence electrons. The molecule has 0 aliphatic carbocycles. The lowest BCUT2D eigenvalue weighted by Gasteiger charge is -2.38. The molecule has 0 fully saturated rings. The van der Waals surface area contributed by atoms with Crippen molar-refractivity contribution in [3.05, 3.63) is 12.3 Å². The van der Waals surface area contributed by atoms with Gasteiger partial charge in [-0.25, -0.2) is 0 Å². The molecule has 0 atom stereocenters. The Kier molecular flexibility index (Phi) is 3.78. The molecule has 0 aliphatic heterocycles. The SMILES string of the molecule is C=C(N)CC(C)(C)N(C)C(C)C. The van der Waals surface area contributed by atoms with E-state index in [1.807, 2.05) is 0 Å². The van der Waals surface area contributed by atoms with Crippen LogP contribution in [0.1, 0.15) is 34.1 Å². The zero-order chi connectivity index (χ0) is 9.94. The number of hydrogen-bond donors (Lipinski definition) is 1. The van der Waals surface area contributed by atoms with E-state index in [1.54, 1.807) is 0 Å². The first kappa shape index (κ1) is 11.5. The second kappa shape index (κ2) is 3.94. The first-order valence-corrected chi connectivity index (χ1v) is 4.43. The Morgan fingerprint density at radius 3 is 2.17 bits per heavy atom. The van der Waals surface area contributed by atoms with Crippen molar-refractivity contribution in [2.24, 2.45) is 5.73 Å². The first-order chi connectivity index (χ1) is 5.27. The summed E-state index contributed by atoms with van der Waals surface area (Å²) in [5.74, 6) is 0. The van der Waals surface area contributed by atoms with Crippen LogP contribution < -0.4 is 5.73 Å². The summed E-state index contributed by atoms with van der Waals surface area (Å²) in [6.07, 6.45) is 0.849. The molecular formula is C10H22N2. The van der Waals surface area contributed by atoms with Crippen LogP contribution in [0.5, 0.6) is 0 Å². The molecule has 0 aromatic rings. The third-order valence-electron chi connectivity index (χ3n) is 2.39. The lowest BCUT2D eigenvalue weighted by atomic mass is 9.96. The van der Waals surface area contributed by atoms with Gasteiger partial charge in [0.25, 0.3) is 0 Å². The van der Waals surface area contributed by atoms with Gasteiger partial charge in [0, 0.05) is 23.7 Å². The second-order valence-electron chi connectivity index (χ2n) is 4.35. The van der Waals surface area contributed by atoms with Crippen LogP contribution in [-0.2, 0) is 0 Å². The average molecular weight is 170 g/mol. The van der Waals surface area contributed by atoms with Crippen molar-refractivity contribution in [1.82, 2.24) is 4.90 Å². The molecule has 2 N–H and O–H groups in total. The summed E-state index contributed by atoms with van der Waals surface area (Å²) in [7, 11) is 2.12. The van der Waals surface area contributed by atoms with Gasteiger partial charge in [0.2, 0.25) is 0 Å². The van der Waals surface area contributed by atoms with Crippen molar-refractivity contribution >= 4 is 0 Å². The maximum Gasteiger partial charge on any atom is 0.0206 e. The summed E-state index contributed by atoms with van der Waals surface area (Å²) in [4.78, 5) is 2.31. The second-order valence-corrected chi connectivity index (χ2v) is 4.35. The van der Waals surface area contributed by atoms with E-state index in [0.29, 0.717) is 6.04 Å². The minimum Gasteiger partial charge on any atom is -0.402 e. The minimum absolute atomic E-state index is 0.111. The fourth-order valence-electron chi connectivity index (χ4n) is 1.38. The molecule has 0 spiro atoms. The summed E-state index contributed by atoms with van der Waals surface area (Å²) in [5, 5.41) is 0. The lowest BCUT2D eigenvalue weighted by Crippen LogP contribution is -2.45. The van der Waals surface area contributed by atoms with Crippen LogP contribution in [0.4, 0.5) is 0 Å². The van der Waals surface area contributed by atoms with Gasteiger partial charge in [0.05, 0.1) is 0 Å². The van der Waals surface area contributed by atoms with Gasteiger partial charge in [-0.2, -0.15) is 0 Å². The van der Waals surface area contributed by atoms with E-state index in [4.69, 9.17) is 5.73 Å². The quantitative estimate of drug-likeness (QED) is 0.699. The van der Waals surface area contributed by atoms with Crippen molar-refractivity contribution < 1.29 is 0 Å². The standard InChI is InChI=1S/C10H22N2/c1-8(2)12(6)10(4,5)7-9(3)11/h8H,3,7,11H2,1-2,4-6H3. The molecule has 0 aromatic carbocycles. The molecule has 0 bridgehead atoms. The van der Waals surface area contributed by atoms with Crippen LogP contribution in [0.25, 0.3) is 0 Å². The van der Waals surface area contributed by atoms with Gasteiger partial charge in [-0.15, -0.1) is 0 Å². The largest absolute Gasteiger partial charge is 0.402 e. The zero-order valence-corrected chi connectivity index (χ0v) is 9.02. The number of nitrogens with two attached hydrogens (primary N) is 1. The third kappa shape index (κ3) is 3.26. The van der Waals surface area contributed by atoms with Crippen molar-refractivity contribution in [3.63, 3.8) is 0 Å².